The van der Waals surface area contributed by atoms with Crippen molar-refractivity contribution >= 4 is 29.5 Å². The first-order chi connectivity index (χ1) is 16.5. The second kappa shape index (κ2) is 10.2. The third kappa shape index (κ3) is 4.68. The summed E-state index contributed by atoms with van der Waals surface area (Å²) in [4.78, 5) is -1.21. The molecule has 0 aliphatic rings. The lowest BCUT2D eigenvalue weighted by Crippen LogP contribution is -2.47. The van der Waals surface area contributed by atoms with Gasteiger partial charge in [-0.25, -0.2) is 25.3 Å². The summed E-state index contributed by atoms with van der Waals surface area (Å²) in [6.07, 6.45) is -0.317. The molecule has 0 saturated carbocycles. The average Bonchev–Trinajstić information content (AvgIpc) is 2.87. The molecule has 0 aliphatic carbocycles. The van der Waals surface area contributed by atoms with Crippen LogP contribution in [0.25, 0.3) is 0 Å². The van der Waals surface area contributed by atoms with Crippen LogP contribution in [0.3, 0.4) is 0 Å². The molecular formula is C26H24O6S3. The average molecular weight is 529 g/mol. The summed E-state index contributed by atoms with van der Waals surface area (Å²) in [7, 11) is -13.7. The number of hydrogen-bond donors (Lipinski definition) is 0. The number of hydrogen-bond acceptors (Lipinski definition) is 6. The zero-order valence-corrected chi connectivity index (χ0v) is 21.2. The molecule has 0 spiro atoms. The van der Waals surface area contributed by atoms with Gasteiger partial charge in [0, 0.05) is 12.8 Å². The van der Waals surface area contributed by atoms with E-state index >= 15 is 0 Å². The van der Waals surface area contributed by atoms with Gasteiger partial charge in [0.2, 0.25) is 9.84 Å². The molecule has 0 N–H and O–H groups in total. The summed E-state index contributed by atoms with van der Waals surface area (Å²) in [6, 6.07) is 21.4. The summed E-state index contributed by atoms with van der Waals surface area (Å²) < 4.78 is 80.6. The van der Waals surface area contributed by atoms with E-state index in [1.807, 2.05) is 0 Å². The predicted molar refractivity (Wildman–Crippen MR) is 136 cm³/mol. The van der Waals surface area contributed by atoms with Crippen molar-refractivity contribution in [3.8, 4) is 0 Å². The van der Waals surface area contributed by atoms with Crippen LogP contribution in [-0.2, 0) is 29.5 Å². The number of sulfone groups is 3. The molecule has 3 aromatic rings. The van der Waals surface area contributed by atoms with Crippen LogP contribution in [0.4, 0.5) is 0 Å². The maximum atomic E-state index is 14.1. The van der Waals surface area contributed by atoms with E-state index in [9.17, 15) is 25.3 Å². The van der Waals surface area contributed by atoms with E-state index < -0.39 is 51.3 Å². The summed E-state index contributed by atoms with van der Waals surface area (Å²) in [5.41, 5.74) is 2.32. The summed E-state index contributed by atoms with van der Waals surface area (Å²) in [6.45, 7) is 7.04. The Hall–Kier alpha value is -3.23. The molecule has 0 bridgehead atoms. The highest BCUT2D eigenvalue weighted by Crippen LogP contribution is 2.44. The zero-order chi connectivity index (χ0) is 25.7. The molecule has 0 unspecified atom stereocenters. The van der Waals surface area contributed by atoms with Crippen LogP contribution < -0.4 is 0 Å². The van der Waals surface area contributed by atoms with Gasteiger partial charge in [0.1, 0.15) is 0 Å². The van der Waals surface area contributed by atoms with E-state index in [0.29, 0.717) is 0 Å². The molecular weight excluding hydrogens is 504 g/mol. The van der Waals surface area contributed by atoms with E-state index in [4.69, 9.17) is 0 Å². The first kappa shape index (κ1) is 26.4. The normalized spacial score (nSPS) is 12.5. The first-order valence-electron chi connectivity index (χ1n) is 10.4. The first-order valence-corrected chi connectivity index (χ1v) is 14.9. The van der Waals surface area contributed by atoms with Crippen LogP contribution in [0.2, 0.25) is 0 Å². The van der Waals surface area contributed by atoms with Crippen molar-refractivity contribution < 1.29 is 25.3 Å². The lowest BCUT2D eigenvalue weighted by atomic mass is 10.2. The van der Waals surface area contributed by atoms with Gasteiger partial charge in [-0.2, -0.15) is 0 Å². The maximum absolute atomic E-state index is 14.1. The van der Waals surface area contributed by atoms with Crippen molar-refractivity contribution in [2.24, 2.45) is 0 Å². The van der Waals surface area contributed by atoms with Gasteiger partial charge in [-0.05, 0) is 36.4 Å². The molecule has 0 aliphatic heterocycles. The van der Waals surface area contributed by atoms with Crippen LogP contribution >= 0.6 is 0 Å². The molecule has 0 fully saturated rings. The standard InChI is InChI=1S/C26H24O6S3/c1-3-20-26(34(29,30)24-16-10-6-11-17-24,35(31,32)25-18-12-7-13-19-25)21-22(4-2)33(27,28)23-14-8-5-9-15-23/h3,5-19H,1-2,20-21H2. The largest absolute Gasteiger partial charge is 0.222 e. The molecule has 35 heavy (non-hydrogen) atoms. The van der Waals surface area contributed by atoms with Crippen LogP contribution in [0, 0.1) is 0 Å². The second-order valence-corrected chi connectivity index (χ2v) is 14.4. The fourth-order valence-corrected chi connectivity index (χ4v) is 10.3. The van der Waals surface area contributed by atoms with Gasteiger partial charge in [0.05, 0.1) is 19.6 Å². The van der Waals surface area contributed by atoms with Gasteiger partial charge in [0.15, 0.2) is 23.8 Å². The summed E-state index contributed by atoms with van der Waals surface area (Å²) >= 11 is 0. The zero-order valence-electron chi connectivity index (χ0n) is 18.7. The van der Waals surface area contributed by atoms with Crippen LogP contribution in [0.15, 0.2) is 136 Å². The van der Waals surface area contributed by atoms with Crippen molar-refractivity contribution in [3.05, 3.63) is 121 Å². The van der Waals surface area contributed by atoms with Crippen molar-refractivity contribution in [2.45, 2.75) is 31.6 Å². The number of rotatable bonds is 10. The molecule has 3 aromatic carbocycles. The molecule has 3 rings (SSSR count). The van der Waals surface area contributed by atoms with Gasteiger partial charge in [-0.15, -0.1) is 12.3 Å². The minimum atomic E-state index is -4.69. The third-order valence-corrected chi connectivity index (χ3v) is 13.1. The smallest absolute Gasteiger partial charge is 0.210 e. The van der Waals surface area contributed by atoms with Crippen molar-refractivity contribution in [1.29, 1.82) is 0 Å². The lowest BCUT2D eigenvalue weighted by Gasteiger charge is -2.32. The summed E-state index contributed by atoms with van der Waals surface area (Å²) in [5, 5.41) is 0. The summed E-state index contributed by atoms with van der Waals surface area (Å²) in [5.74, 6) is 0. The lowest BCUT2D eigenvalue weighted by molar-refractivity contribution is 0.535. The van der Waals surface area contributed by atoms with Crippen molar-refractivity contribution in [3.63, 3.8) is 0 Å². The molecule has 182 valence electrons. The van der Waals surface area contributed by atoms with Crippen molar-refractivity contribution in [2.75, 3.05) is 0 Å². The Bertz CT molecular complexity index is 1500. The van der Waals surface area contributed by atoms with Gasteiger partial charge in [-0.3, -0.25) is 0 Å². The minimum Gasteiger partial charge on any atom is -0.222 e. The van der Waals surface area contributed by atoms with E-state index in [0.717, 1.165) is 6.08 Å². The van der Waals surface area contributed by atoms with E-state index in [1.165, 1.54) is 72.8 Å². The molecule has 0 saturated heterocycles. The molecule has 0 atom stereocenters. The molecule has 0 amide bonds. The topological polar surface area (TPSA) is 102 Å². The highest BCUT2D eigenvalue weighted by molar-refractivity contribution is 8.10. The SMILES string of the molecule is C=C=C(CC(CC=C)(S(=O)(=O)c1ccccc1)S(=O)(=O)c1ccccc1)S(=O)(=O)c1ccccc1. The molecule has 0 aromatic heterocycles. The Kier molecular flexibility index (Phi) is 7.67. The number of allylic oxidation sites excluding steroid dienone is 2. The highest BCUT2D eigenvalue weighted by atomic mass is 32.3. The number of benzene rings is 3. The van der Waals surface area contributed by atoms with Gasteiger partial charge < -0.3 is 0 Å². The van der Waals surface area contributed by atoms with Crippen molar-refractivity contribution in [1.82, 2.24) is 0 Å². The van der Waals surface area contributed by atoms with Crippen LogP contribution in [0.5, 0.6) is 0 Å². The van der Waals surface area contributed by atoms with Crippen LogP contribution in [0.1, 0.15) is 12.8 Å². The van der Waals surface area contributed by atoms with E-state index in [2.05, 4.69) is 18.9 Å². The Morgan fingerprint density at radius 3 is 1.40 bits per heavy atom. The van der Waals surface area contributed by atoms with E-state index in [-0.39, 0.29) is 14.7 Å². The Morgan fingerprint density at radius 2 is 1.06 bits per heavy atom. The molecule has 0 heterocycles. The minimum absolute atomic E-state index is 0.132. The maximum Gasteiger partial charge on any atom is 0.210 e. The Labute approximate surface area is 206 Å². The highest BCUT2D eigenvalue weighted by Gasteiger charge is 2.56. The second-order valence-electron chi connectivity index (χ2n) is 7.63. The molecule has 6 nitrogen and oxygen atoms in total. The van der Waals surface area contributed by atoms with E-state index in [1.54, 1.807) is 18.2 Å². The third-order valence-electron chi connectivity index (χ3n) is 5.55. The Morgan fingerprint density at radius 1 is 0.686 bits per heavy atom. The van der Waals surface area contributed by atoms with Gasteiger partial charge in [-0.1, -0.05) is 67.3 Å². The monoisotopic (exact) mass is 528 g/mol. The van der Waals surface area contributed by atoms with Gasteiger partial charge in [0.25, 0.3) is 0 Å². The van der Waals surface area contributed by atoms with Gasteiger partial charge >= 0.3 is 0 Å². The molecule has 0 radical (unpaired) electrons. The fourth-order valence-electron chi connectivity index (χ4n) is 3.71. The van der Waals surface area contributed by atoms with Crippen LogP contribution in [-0.4, -0.2) is 29.3 Å². The fraction of sp³-hybridized carbons (Fsp3) is 0.115. The quantitative estimate of drug-likeness (QED) is 0.278. The Balaban J connectivity index is 2.37. The molecule has 9 heteroatoms. The predicted octanol–water partition coefficient (Wildman–Crippen LogP) is 4.74.